The number of para-hydroxylation sites is 2. The Hall–Kier alpha value is -3.88. The summed E-state index contributed by atoms with van der Waals surface area (Å²) in [6, 6.07) is 38.8. The Kier molecular flexibility index (Phi) is 7.41. The van der Waals surface area contributed by atoms with Crippen LogP contribution in [0.15, 0.2) is 119 Å². The predicted octanol–water partition coefficient (Wildman–Crippen LogP) is 6.35. The van der Waals surface area contributed by atoms with Crippen LogP contribution in [-0.2, 0) is 21.1 Å². The van der Waals surface area contributed by atoms with Crippen molar-refractivity contribution in [1.82, 2.24) is 9.97 Å². The molecule has 0 aliphatic carbocycles. The maximum atomic E-state index is 12.1. The van der Waals surface area contributed by atoms with Gasteiger partial charge in [0.15, 0.2) is 0 Å². The van der Waals surface area contributed by atoms with Gasteiger partial charge in [0.05, 0.1) is 11.1 Å². The van der Waals surface area contributed by atoms with E-state index >= 15 is 0 Å². The van der Waals surface area contributed by atoms with Crippen LogP contribution in [0.2, 0.25) is 0 Å². The molecule has 3 aromatic heterocycles. The molecule has 0 atom stereocenters. The third-order valence-electron chi connectivity index (χ3n) is 5.06. The third kappa shape index (κ3) is 5.19. The molecule has 0 fully saturated rings. The summed E-state index contributed by atoms with van der Waals surface area (Å²) < 4.78 is 5.33. The van der Waals surface area contributed by atoms with Crippen molar-refractivity contribution in [3.8, 4) is 22.5 Å². The number of rotatable bonds is 2. The van der Waals surface area contributed by atoms with Crippen LogP contribution in [0, 0.1) is 12.1 Å². The third-order valence-corrected chi connectivity index (χ3v) is 5.06. The minimum Gasteiger partial charge on any atom is -0.496 e. The molecule has 0 radical (unpaired) electrons. The number of fused-ring (bicyclic) bond motifs is 2. The van der Waals surface area contributed by atoms with Crippen LogP contribution in [0.25, 0.3) is 44.4 Å². The fourth-order valence-corrected chi connectivity index (χ4v) is 3.44. The first-order valence-corrected chi connectivity index (χ1v) is 10.5. The first kappa shape index (κ1) is 23.3. The first-order valence-electron chi connectivity index (χ1n) is 10.5. The van der Waals surface area contributed by atoms with Gasteiger partial charge in [-0.1, -0.05) is 66.0 Å². The molecule has 0 aliphatic heterocycles. The van der Waals surface area contributed by atoms with Gasteiger partial charge in [0.25, 0.3) is 5.63 Å². The number of aromatic nitrogens is 2. The molecule has 3 aromatic carbocycles. The summed E-state index contributed by atoms with van der Waals surface area (Å²) in [6.45, 7) is 0. The average Bonchev–Trinajstić information content (AvgIpc) is 2.89. The molecular formula is C29H18N2O2Pt. The Bertz CT molecular complexity index is 1550. The fraction of sp³-hybridized carbons (Fsp3) is 0. The molecule has 0 N–H and O–H groups in total. The van der Waals surface area contributed by atoms with Gasteiger partial charge in [0.2, 0.25) is 0 Å². The van der Waals surface area contributed by atoms with E-state index in [9.17, 15) is 4.79 Å². The Morgan fingerprint density at radius 3 is 2.35 bits per heavy atom. The second-order valence-corrected chi connectivity index (χ2v) is 7.27. The van der Waals surface area contributed by atoms with Crippen molar-refractivity contribution in [3.63, 3.8) is 0 Å². The van der Waals surface area contributed by atoms with Crippen molar-refractivity contribution in [2.24, 2.45) is 0 Å². The summed E-state index contributed by atoms with van der Waals surface area (Å²) in [5.41, 5.74) is 3.91. The normalized spacial score (nSPS) is 10.2. The smallest absolute Gasteiger partial charge is 0.496 e. The summed E-state index contributed by atoms with van der Waals surface area (Å²) >= 11 is 0. The van der Waals surface area contributed by atoms with Crippen molar-refractivity contribution < 1.29 is 25.5 Å². The van der Waals surface area contributed by atoms with Gasteiger partial charge in [-0.05, 0) is 28.8 Å². The molecule has 4 nitrogen and oxygen atoms in total. The summed E-state index contributed by atoms with van der Waals surface area (Å²) in [7, 11) is 0. The van der Waals surface area contributed by atoms with Gasteiger partial charge in [-0.25, -0.2) is 0 Å². The molecule has 5 heteroatoms. The molecule has 6 aromatic rings. The Balaban J connectivity index is 0.000000180. The molecule has 0 saturated heterocycles. The molecule has 0 saturated carbocycles. The molecule has 166 valence electrons. The van der Waals surface area contributed by atoms with E-state index in [0.717, 1.165) is 27.5 Å². The van der Waals surface area contributed by atoms with Crippen LogP contribution >= 0.6 is 0 Å². The van der Waals surface area contributed by atoms with E-state index in [1.165, 1.54) is 0 Å². The second kappa shape index (κ2) is 10.8. The quantitative estimate of drug-likeness (QED) is 0.167. The van der Waals surface area contributed by atoms with Crippen molar-refractivity contribution in [3.05, 3.63) is 132 Å². The second-order valence-electron chi connectivity index (χ2n) is 7.27. The molecular weight excluding hydrogens is 603 g/mol. The molecule has 0 aliphatic rings. The largest absolute Gasteiger partial charge is 2.00 e. The van der Waals surface area contributed by atoms with Crippen LogP contribution in [0.5, 0.6) is 0 Å². The van der Waals surface area contributed by atoms with E-state index < -0.39 is 5.63 Å². The Morgan fingerprint density at radius 1 is 0.735 bits per heavy atom. The number of nitrogens with zero attached hydrogens (tertiary/aromatic N) is 2. The van der Waals surface area contributed by atoms with E-state index in [4.69, 9.17) is 4.42 Å². The maximum absolute atomic E-state index is 12.1. The number of hydrogen-bond acceptors (Lipinski definition) is 4. The summed E-state index contributed by atoms with van der Waals surface area (Å²) in [6.07, 6.45) is 1.79. The van der Waals surface area contributed by atoms with Crippen LogP contribution in [0.1, 0.15) is 0 Å². The van der Waals surface area contributed by atoms with Gasteiger partial charge in [-0.15, -0.1) is 48.0 Å². The molecule has 0 unspecified atom stereocenters. The average molecular weight is 622 g/mol. The monoisotopic (exact) mass is 621 g/mol. The summed E-state index contributed by atoms with van der Waals surface area (Å²) in [5, 5.41) is 1.80. The molecule has 3 heterocycles. The van der Waals surface area contributed by atoms with E-state index in [2.05, 4.69) is 22.1 Å². The summed E-state index contributed by atoms with van der Waals surface area (Å²) in [4.78, 5) is 20.9. The number of hydrogen-bond donors (Lipinski definition) is 0. The van der Waals surface area contributed by atoms with Crippen LogP contribution < -0.4 is 5.63 Å². The molecule has 6 rings (SSSR count). The number of pyridine rings is 2. The SMILES string of the molecule is O=c1oc2ccccc2[c-]c1-c1ccc2ccccc2n1.[Pt+2].[c-]1ccccc1-c1ccccn1. The molecule has 0 bridgehead atoms. The van der Waals surface area contributed by atoms with E-state index in [0.29, 0.717) is 16.8 Å². The van der Waals surface area contributed by atoms with Crippen molar-refractivity contribution in [2.45, 2.75) is 0 Å². The Morgan fingerprint density at radius 2 is 1.53 bits per heavy atom. The van der Waals surface area contributed by atoms with Crippen molar-refractivity contribution in [1.29, 1.82) is 0 Å². The fourth-order valence-electron chi connectivity index (χ4n) is 3.44. The zero-order valence-electron chi connectivity index (χ0n) is 17.9. The summed E-state index contributed by atoms with van der Waals surface area (Å²) in [5.74, 6) is 0. The van der Waals surface area contributed by atoms with E-state index in [1.807, 2.05) is 97.1 Å². The predicted molar refractivity (Wildman–Crippen MR) is 131 cm³/mol. The van der Waals surface area contributed by atoms with E-state index in [1.54, 1.807) is 12.3 Å². The van der Waals surface area contributed by atoms with Crippen molar-refractivity contribution in [2.75, 3.05) is 0 Å². The zero-order chi connectivity index (χ0) is 22.5. The van der Waals surface area contributed by atoms with Gasteiger partial charge in [0.1, 0.15) is 0 Å². The molecule has 0 spiro atoms. The van der Waals surface area contributed by atoms with Crippen LogP contribution in [0.4, 0.5) is 0 Å². The molecule has 34 heavy (non-hydrogen) atoms. The van der Waals surface area contributed by atoms with E-state index in [-0.39, 0.29) is 21.1 Å². The minimum atomic E-state index is -0.420. The first-order chi connectivity index (χ1) is 16.3. The van der Waals surface area contributed by atoms with Crippen LogP contribution in [0.3, 0.4) is 0 Å². The number of benzene rings is 3. The molecule has 0 amide bonds. The maximum Gasteiger partial charge on any atom is 2.00 e. The van der Waals surface area contributed by atoms with Gasteiger partial charge in [-0.3, -0.25) is 9.78 Å². The van der Waals surface area contributed by atoms with Gasteiger partial charge in [0, 0.05) is 11.9 Å². The zero-order valence-corrected chi connectivity index (χ0v) is 20.2. The standard InChI is InChI=1S/C18H10NO2.C11H8N.Pt/c20-18-14(11-13-6-2-4-8-17(13)21-18)16-10-9-12-5-1-3-7-15(12)19-16;1-2-6-10(7-3-1)11-8-4-5-9-12-11;/h1-10H;1-6,8-9H;/q2*-1;+2. The Labute approximate surface area is 211 Å². The van der Waals surface area contributed by atoms with Gasteiger partial charge < -0.3 is 9.40 Å². The van der Waals surface area contributed by atoms with Crippen LogP contribution in [-0.4, -0.2) is 9.97 Å². The topological polar surface area (TPSA) is 56.0 Å². The van der Waals surface area contributed by atoms with Crippen molar-refractivity contribution >= 4 is 21.9 Å². The van der Waals surface area contributed by atoms with Gasteiger partial charge in [-0.2, -0.15) is 0 Å². The van der Waals surface area contributed by atoms with Gasteiger partial charge >= 0.3 is 21.1 Å². The minimum absolute atomic E-state index is 0.